The predicted molar refractivity (Wildman–Crippen MR) is 48.8 cm³/mol. The maximum atomic E-state index is 8.49. The van der Waals surface area contributed by atoms with Gasteiger partial charge in [0.05, 0.1) is 6.54 Å². The first-order valence-corrected chi connectivity index (χ1v) is 4.40. The van der Waals surface area contributed by atoms with E-state index < -0.39 is 0 Å². The summed E-state index contributed by atoms with van der Waals surface area (Å²) in [6.45, 7) is 2.28. The van der Waals surface area contributed by atoms with Gasteiger partial charge in [-0.3, -0.25) is 0 Å². The molecule has 6 nitrogen and oxygen atoms in total. The molecule has 74 valence electrons. The zero-order valence-corrected chi connectivity index (χ0v) is 7.80. The topological polar surface area (TPSA) is 75.3 Å². The summed E-state index contributed by atoms with van der Waals surface area (Å²) >= 11 is 0. The van der Waals surface area contributed by atoms with Crippen LogP contribution in [-0.2, 0) is 13.0 Å². The fraction of sp³-hybridized carbons (Fsp3) is 0.375. The number of hydrogen-bond acceptors (Lipinski definition) is 5. The van der Waals surface area contributed by atoms with Gasteiger partial charge in [0.1, 0.15) is 0 Å². The number of aromatic nitrogens is 4. The van der Waals surface area contributed by atoms with Crippen molar-refractivity contribution < 1.29 is 5.21 Å². The van der Waals surface area contributed by atoms with Gasteiger partial charge in [0.15, 0.2) is 5.82 Å². The lowest BCUT2D eigenvalue weighted by atomic mass is 10.3. The number of nitrogens with zero attached hydrogens (tertiary/aromatic N) is 4. The number of fused-ring (bicyclic) bond motifs is 1. The van der Waals surface area contributed by atoms with Crippen molar-refractivity contribution in [2.45, 2.75) is 19.9 Å². The number of aryl methyl sites for hydroxylation is 1. The summed E-state index contributed by atoms with van der Waals surface area (Å²) < 4.78 is 1.62. The Kier molecular flexibility index (Phi) is 2.38. The van der Waals surface area contributed by atoms with Gasteiger partial charge in [-0.25, -0.2) is 9.50 Å². The highest BCUT2D eigenvalue weighted by molar-refractivity contribution is 5.27. The Morgan fingerprint density at radius 1 is 1.57 bits per heavy atom. The molecular weight excluding hydrogens is 182 g/mol. The SMILES string of the molecule is CCc1cnc2nc(CNO)nn2c1. The third-order valence-corrected chi connectivity index (χ3v) is 1.94. The first-order valence-electron chi connectivity index (χ1n) is 4.40. The molecule has 2 aromatic rings. The van der Waals surface area contributed by atoms with Crippen LogP contribution < -0.4 is 5.48 Å². The second-order valence-electron chi connectivity index (χ2n) is 2.92. The molecule has 2 aromatic heterocycles. The van der Waals surface area contributed by atoms with Crippen LogP contribution in [0.4, 0.5) is 0 Å². The van der Waals surface area contributed by atoms with Crippen molar-refractivity contribution in [1.29, 1.82) is 0 Å². The molecule has 2 N–H and O–H groups in total. The highest BCUT2D eigenvalue weighted by atomic mass is 16.5. The Bertz CT molecular complexity index is 438. The van der Waals surface area contributed by atoms with Crippen molar-refractivity contribution in [2.75, 3.05) is 0 Å². The van der Waals surface area contributed by atoms with E-state index in [1.54, 1.807) is 10.7 Å². The second kappa shape index (κ2) is 3.69. The molecule has 6 heteroatoms. The van der Waals surface area contributed by atoms with E-state index in [0.29, 0.717) is 11.6 Å². The smallest absolute Gasteiger partial charge is 0.252 e. The molecule has 0 aliphatic rings. The molecule has 0 fully saturated rings. The third-order valence-electron chi connectivity index (χ3n) is 1.94. The lowest BCUT2D eigenvalue weighted by Gasteiger charge is -1.94. The van der Waals surface area contributed by atoms with E-state index in [4.69, 9.17) is 5.21 Å². The van der Waals surface area contributed by atoms with Gasteiger partial charge in [0.25, 0.3) is 5.78 Å². The van der Waals surface area contributed by atoms with E-state index in [9.17, 15) is 0 Å². The average molecular weight is 193 g/mol. The Morgan fingerprint density at radius 2 is 2.43 bits per heavy atom. The molecule has 0 aliphatic heterocycles. The van der Waals surface area contributed by atoms with Gasteiger partial charge < -0.3 is 5.21 Å². The molecule has 0 saturated carbocycles. The van der Waals surface area contributed by atoms with Gasteiger partial charge >= 0.3 is 0 Å². The Balaban J connectivity index is 2.43. The molecule has 0 spiro atoms. The Morgan fingerprint density at radius 3 is 3.14 bits per heavy atom. The second-order valence-corrected chi connectivity index (χ2v) is 2.92. The van der Waals surface area contributed by atoms with E-state index in [-0.39, 0.29) is 6.54 Å². The van der Waals surface area contributed by atoms with Gasteiger partial charge in [0.2, 0.25) is 0 Å². The molecular formula is C8H11N5O. The van der Waals surface area contributed by atoms with Crippen LogP contribution in [0.25, 0.3) is 5.78 Å². The van der Waals surface area contributed by atoms with Crippen LogP contribution >= 0.6 is 0 Å². The summed E-state index contributed by atoms with van der Waals surface area (Å²) in [5, 5.41) is 12.6. The molecule has 0 saturated heterocycles. The molecule has 0 amide bonds. The van der Waals surface area contributed by atoms with Crippen LogP contribution in [0.2, 0.25) is 0 Å². The van der Waals surface area contributed by atoms with Crippen molar-refractivity contribution in [2.24, 2.45) is 0 Å². The van der Waals surface area contributed by atoms with E-state index >= 15 is 0 Å². The number of hydroxylamine groups is 1. The summed E-state index contributed by atoms with van der Waals surface area (Å²) in [5.74, 6) is 1.07. The van der Waals surface area contributed by atoms with Gasteiger partial charge in [-0.05, 0) is 12.0 Å². The number of nitrogens with one attached hydrogen (secondary N) is 1. The summed E-state index contributed by atoms with van der Waals surface area (Å²) in [6, 6.07) is 0. The Labute approximate surface area is 80.6 Å². The number of rotatable bonds is 3. The maximum absolute atomic E-state index is 8.49. The average Bonchev–Trinajstić information content (AvgIpc) is 2.59. The van der Waals surface area contributed by atoms with E-state index in [1.807, 2.05) is 11.7 Å². The highest BCUT2D eigenvalue weighted by Crippen LogP contribution is 2.01. The van der Waals surface area contributed by atoms with Crippen LogP contribution in [-0.4, -0.2) is 24.8 Å². The van der Waals surface area contributed by atoms with Gasteiger partial charge in [-0.2, -0.15) is 10.5 Å². The molecule has 0 atom stereocenters. The fourth-order valence-electron chi connectivity index (χ4n) is 1.19. The maximum Gasteiger partial charge on any atom is 0.252 e. The first kappa shape index (κ1) is 9.04. The minimum Gasteiger partial charge on any atom is -0.316 e. The minimum atomic E-state index is 0.227. The van der Waals surface area contributed by atoms with Gasteiger partial charge in [0, 0.05) is 12.4 Å². The lowest BCUT2D eigenvalue weighted by molar-refractivity contribution is 0.158. The van der Waals surface area contributed by atoms with Crippen molar-refractivity contribution in [3.63, 3.8) is 0 Å². The molecule has 0 unspecified atom stereocenters. The summed E-state index contributed by atoms with van der Waals surface area (Å²) in [5.41, 5.74) is 3.11. The number of hydrogen-bond donors (Lipinski definition) is 2. The molecule has 0 aliphatic carbocycles. The van der Waals surface area contributed by atoms with Crippen LogP contribution in [0.15, 0.2) is 12.4 Å². The molecule has 0 radical (unpaired) electrons. The zero-order valence-electron chi connectivity index (χ0n) is 7.80. The quantitative estimate of drug-likeness (QED) is 0.679. The van der Waals surface area contributed by atoms with Crippen LogP contribution in [0.3, 0.4) is 0 Å². The molecule has 2 heterocycles. The van der Waals surface area contributed by atoms with E-state index in [2.05, 4.69) is 22.0 Å². The largest absolute Gasteiger partial charge is 0.316 e. The van der Waals surface area contributed by atoms with Gasteiger partial charge in [-0.1, -0.05) is 6.92 Å². The molecule has 0 bridgehead atoms. The zero-order chi connectivity index (χ0) is 9.97. The molecule has 0 aromatic carbocycles. The highest BCUT2D eigenvalue weighted by Gasteiger charge is 2.03. The van der Waals surface area contributed by atoms with Crippen LogP contribution in [0.5, 0.6) is 0 Å². The fourth-order valence-corrected chi connectivity index (χ4v) is 1.19. The summed E-state index contributed by atoms with van der Waals surface area (Å²) in [7, 11) is 0. The minimum absolute atomic E-state index is 0.227. The standard InChI is InChI=1S/C8H11N5O/c1-2-6-3-9-8-11-7(4-10-14)12-13(8)5-6/h3,5,10,14H,2,4H2,1H3. The van der Waals surface area contributed by atoms with Gasteiger partial charge in [-0.15, -0.1) is 5.10 Å². The summed E-state index contributed by atoms with van der Waals surface area (Å²) in [4.78, 5) is 8.23. The monoisotopic (exact) mass is 193 g/mol. The van der Waals surface area contributed by atoms with Crippen molar-refractivity contribution in [1.82, 2.24) is 25.1 Å². The van der Waals surface area contributed by atoms with Crippen LogP contribution in [0.1, 0.15) is 18.3 Å². The Hall–Kier alpha value is -1.53. The van der Waals surface area contributed by atoms with Crippen molar-refractivity contribution in [3.05, 3.63) is 23.8 Å². The predicted octanol–water partition coefficient (Wildman–Crippen LogP) is 0.165. The van der Waals surface area contributed by atoms with Crippen LogP contribution in [0, 0.1) is 0 Å². The molecule has 2 rings (SSSR count). The van der Waals surface area contributed by atoms with E-state index in [0.717, 1.165) is 12.0 Å². The van der Waals surface area contributed by atoms with Crippen molar-refractivity contribution in [3.8, 4) is 0 Å². The molecule has 14 heavy (non-hydrogen) atoms. The van der Waals surface area contributed by atoms with Crippen molar-refractivity contribution >= 4 is 5.78 Å². The normalized spacial score (nSPS) is 11.0. The van der Waals surface area contributed by atoms with E-state index in [1.165, 1.54) is 0 Å². The third kappa shape index (κ3) is 1.57. The first-order chi connectivity index (χ1) is 6.83. The lowest BCUT2D eigenvalue weighted by Crippen LogP contribution is -2.07. The summed E-state index contributed by atoms with van der Waals surface area (Å²) in [6.07, 6.45) is 4.58.